The van der Waals surface area contributed by atoms with E-state index in [1.165, 1.54) is 10.0 Å². The van der Waals surface area contributed by atoms with Gasteiger partial charge in [0.1, 0.15) is 23.3 Å². The van der Waals surface area contributed by atoms with Crippen LogP contribution in [-0.2, 0) is 25.5 Å². The van der Waals surface area contributed by atoms with E-state index in [2.05, 4.69) is 92.5 Å². The highest BCUT2D eigenvalue weighted by Gasteiger charge is 2.39. The summed E-state index contributed by atoms with van der Waals surface area (Å²) in [6, 6.07) is 33.8. The van der Waals surface area contributed by atoms with Gasteiger partial charge < -0.3 is 64.7 Å². The minimum Gasteiger partial charge on any atom is -0.377 e. The van der Waals surface area contributed by atoms with Crippen molar-refractivity contribution >= 4 is 63.8 Å². The van der Waals surface area contributed by atoms with E-state index in [9.17, 15) is 0 Å². The van der Waals surface area contributed by atoms with Gasteiger partial charge >= 0.3 is 12.1 Å². The van der Waals surface area contributed by atoms with Gasteiger partial charge in [0.05, 0.1) is 88.4 Å². The SMILES string of the molecule is CC(C)Nc1cc(N2C3COCC2COC3)nc(-c2ccc(N(C(=O)Nc3ccc(CN4CCN(C)CC4)cc3)N(C(=O)Nc3ccc(N4CCN(C)CC4)cc3)c3ccc(-c4nc(NC(C)C)cc(N5C6COCC5COC6)n4)cc3)cc2)n1. The molecule has 6 aliphatic rings. The maximum absolute atomic E-state index is 15.5. The number of rotatable bonds is 15. The van der Waals surface area contributed by atoms with Gasteiger partial charge in [-0.25, -0.2) is 29.5 Å². The van der Waals surface area contributed by atoms with Gasteiger partial charge in [0.25, 0.3) is 0 Å². The highest BCUT2D eigenvalue weighted by molar-refractivity contribution is 6.13. The normalized spacial score (nSPS) is 21.2. The van der Waals surface area contributed by atoms with Gasteiger partial charge in [-0.3, -0.25) is 4.90 Å². The molecule has 22 nitrogen and oxygen atoms in total. The lowest BCUT2D eigenvalue weighted by Gasteiger charge is -2.46. The summed E-state index contributed by atoms with van der Waals surface area (Å²) < 4.78 is 23.9. The summed E-state index contributed by atoms with van der Waals surface area (Å²) in [5.74, 6) is 3.92. The Morgan fingerprint density at radius 1 is 0.494 bits per heavy atom. The number of carbonyl (C=O) groups excluding carboxylic acids is 2. The first kappa shape index (κ1) is 57.7. The van der Waals surface area contributed by atoms with Crippen LogP contribution in [0.1, 0.15) is 33.3 Å². The summed E-state index contributed by atoms with van der Waals surface area (Å²) in [6.07, 6.45) is 0. The zero-order chi connectivity index (χ0) is 58.6. The minimum atomic E-state index is -0.579. The Morgan fingerprint density at radius 3 is 1.26 bits per heavy atom. The molecule has 0 saturated carbocycles. The third-order valence-electron chi connectivity index (χ3n) is 16.4. The molecule has 0 atom stereocenters. The van der Waals surface area contributed by atoms with Gasteiger partial charge in [-0.2, -0.15) is 10.0 Å². The zero-order valence-corrected chi connectivity index (χ0v) is 49.7. The fraction of sp³-hybridized carbons (Fsp3) is 0.460. The van der Waals surface area contributed by atoms with Crippen LogP contribution in [0.4, 0.5) is 61.3 Å². The Balaban J connectivity index is 0.922. The fourth-order valence-corrected chi connectivity index (χ4v) is 12.0. The number of ether oxygens (including phenoxy) is 4. The maximum atomic E-state index is 15.5. The van der Waals surface area contributed by atoms with Gasteiger partial charge in [0.15, 0.2) is 11.6 Å². The highest BCUT2D eigenvalue weighted by Crippen LogP contribution is 2.35. The lowest BCUT2D eigenvalue weighted by atomic mass is 10.1. The van der Waals surface area contributed by atoms with Crippen LogP contribution in [0.5, 0.6) is 0 Å². The van der Waals surface area contributed by atoms with E-state index in [0.717, 1.165) is 81.8 Å². The van der Waals surface area contributed by atoms with Crippen molar-refractivity contribution < 1.29 is 28.5 Å². The topological polar surface area (TPSA) is 197 Å². The molecule has 6 aromatic rings. The van der Waals surface area contributed by atoms with Crippen LogP contribution in [0, 0.1) is 0 Å². The van der Waals surface area contributed by atoms with Crippen molar-refractivity contribution in [3.8, 4) is 22.8 Å². The Morgan fingerprint density at radius 2 is 0.871 bits per heavy atom. The van der Waals surface area contributed by atoms with Crippen LogP contribution in [0.25, 0.3) is 22.8 Å². The number of benzene rings is 4. The minimum absolute atomic E-state index is 0.00758. The van der Waals surface area contributed by atoms with Crippen LogP contribution < -0.4 is 46.0 Å². The number of hydrazine groups is 1. The van der Waals surface area contributed by atoms with Gasteiger partial charge in [-0.15, -0.1) is 0 Å². The average Bonchev–Trinajstić information content (AvgIpc) is 3.15. The van der Waals surface area contributed by atoms with Gasteiger partial charge in [-0.05, 0) is 132 Å². The van der Waals surface area contributed by atoms with Crippen LogP contribution in [0.15, 0.2) is 109 Å². The predicted molar refractivity (Wildman–Crippen MR) is 334 cm³/mol. The zero-order valence-electron chi connectivity index (χ0n) is 49.7. The second kappa shape index (κ2) is 25.9. The summed E-state index contributed by atoms with van der Waals surface area (Å²) in [4.78, 5) is 65.5. The van der Waals surface area contributed by atoms with E-state index in [4.69, 9.17) is 38.9 Å². The number of fused-ring (bicyclic) bond motifs is 4. The van der Waals surface area contributed by atoms with E-state index in [1.807, 2.05) is 109 Å². The number of hydrogen-bond donors (Lipinski definition) is 4. The molecule has 12 rings (SSSR count). The van der Waals surface area contributed by atoms with E-state index >= 15 is 9.59 Å². The molecule has 8 heterocycles. The molecule has 85 heavy (non-hydrogen) atoms. The Kier molecular flexibility index (Phi) is 17.6. The fourth-order valence-electron chi connectivity index (χ4n) is 12.0. The number of amides is 4. The van der Waals surface area contributed by atoms with E-state index in [-0.39, 0.29) is 36.3 Å². The summed E-state index contributed by atoms with van der Waals surface area (Å²) in [5.41, 5.74) is 5.56. The average molecular weight is 1160 g/mol. The predicted octanol–water partition coefficient (Wildman–Crippen LogP) is 7.64. The lowest BCUT2D eigenvalue weighted by Crippen LogP contribution is -2.60. The maximum Gasteiger partial charge on any atom is 0.345 e. The standard InChI is InChI=1S/C63H80N16O6/c1-42(2)64-56-31-58(76-52-34-82-36-53(76)37-83-35-52)70-60(68-56)45-9-17-50(18-10-45)78(62(80)66-47-13-7-44(8-14-47)33-74-27-23-72(5)24-28-74)79(63(81)67-48-15-21-49(22-16-48)75-29-25-73(6)26-30-75)51-19-11-46(12-20-51)61-69-57(65-43(3)4)32-59(71-61)77-54-38-84-40-55(77)41-85-39-54/h7-22,31-32,42-43,52-55H,23-30,33-41H2,1-6H3,(H,66,80)(H,67,81)(H,64,68,70)(H,65,69,71). The monoisotopic (exact) mass is 1160 g/mol. The van der Waals surface area contributed by atoms with Crippen molar-refractivity contribution in [2.75, 3.05) is 165 Å². The summed E-state index contributed by atoms with van der Waals surface area (Å²) in [7, 11) is 4.29. The first-order valence-electron chi connectivity index (χ1n) is 30.0. The molecule has 6 saturated heterocycles. The van der Waals surface area contributed by atoms with Crippen LogP contribution in [0.2, 0.25) is 0 Å². The smallest absolute Gasteiger partial charge is 0.345 e. The summed E-state index contributed by atoms with van der Waals surface area (Å²) in [6.45, 7) is 21.1. The number of aromatic nitrogens is 4. The van der Waals surface area contributed by atoms with E-state index in [0.29, 0.717) is 110 Å². The van der Waals surface area contributed by atoms with Crippen molar-refractivity contribution in [1.82, 2.24) is 34.6 Å². The molecular weight excluding hydrogens is 1080 g/mol. The lowest BCUT2D eigenvalue weighted by molar-refractivity contribution is -0.0350. The largest absolute Gasteiger partial charge is 0.377 e. The van der Waals surface area contributed by atoms with Crippen molar-refractivity contribution in [3.63, 3.8) is 0 Å². The molecule has 4 amide bonds. The molecule has 0 aliphatic carbocycles. The second-order valence-electron chi connectivity index (χ2n) is 23.7. The van der Waals surface area contributed by atoms with Gasteiger partial charge in [-0.1, -0.05) is 12.1 Å². The van der Waals surface area contributed by atoms with Crippen molar-refractivity contribution in [2.45, 2.75) is 70.5 Å². The molecule has 4 bridgehead atoms. The van der Waals surface area contributed by atoms with E-state index in [1.54, 1.807) is 0 Å². The third kappa shape index (κ3) is 13.6. The molecule has 2 aromatic heterocycles. The molecule has 4 N–H and O–H groups in total. The number of morpholine rings is 4. The number of carbonyl (C=O) groups is 2. The number of likely N-dealkylation sites (N-methyl/N-ethyl adjacent to an activating group) is 2. The van der Waals surface area contributed by atoms with Gasteiger partial charge in [0.2, 0.25) is 0 Å². The number of anilines is 9. The number of hydrogen-bond acceptors (Lipinski definition) is 18. The van der Waals surface area contributed by atoms with E-state index < -0.39 is 12.1 Å². The first-order valence-corrected chi connectivity index (χ1v) is 30.0. The Hall–Kier alpha value is -7.70. The quantitative estimate of drug-likeness (QED) is 0.0732. The molecular formula is C63H80N16O6. The van der Waals surface area contributed by atoms with Crippen molar-refractivity contribution in [2.24, 2.45) is 0 Å². The van der Waals surface area contributed by atoms with Crippen LogP contribution in [0.3, 0.4) is 0 Å². The molecule has 448 valence electrons. The van der Waals surface area contributed by atoms with Crippen molar-refractivity contribution in [1.29, 1.82) is 0 Å². The molecule has 0 radical (unpaired) electrons. The van der Waals surface area contributed by atoms with Crippen LogP contribution >= 0.6 is 0 Å². The second-order valence-corrected chi connectivity index (χ2v) is 23.7. The molecule has 22 heteroatoms. The summed E-state index contributed by atoms with van der Waals surface area (Å²) >= 11 is 0. The summed E-state index contributed by atoms with van der Waals surface area (Å²) in [5, 5.41) is 16.1. The third-order valence-corrected chi connectivity index (χ3v) is 16.4. The number of urea groups is 2. The molecule has 6 aliphatic heterocycles. The number of nitrogens with one attached hydrogen (secondary N) is 4. The van der Waals surface area contributed by atoms with Gasteiger partial charge in [0, 0.05) is 111 Å². The molecule has 0 spiro atoms. The van der Waals surface area contributed by atoms with Crippen LogP contribution in [-0.4, -0.2) is 202 Å². The highest BCUT2D eigenvalue weighted by atomic mass is 16.5. The van der Waals surface area contributed by atoms with Crippen molar-refractivity contribution in [3.05, 3.63) is 115 Å². The molecule has 6 fully saturated rings. The Bertz CT molecular complexity index is 3190. The molecule has 0 unspecified atom stereocenters. The number of piperazine rings is 2. The Labute approximate surface area is 498 Å². The number of nitrogens with zero attached hydrogens (tertiary/aromatic N) is 12. The first-order chi connectivity index (χ1) is 41.3. The molecule has 4 aromatic carbocycles.